The number of carboxylic acid groups (broad SMARTS) is 1. The third kappa shape index (κ3) is 4.97. The molecule has 0 spiro atoms. The van der Waals surface area contributed by atoms with Gasteiger partial charge in [-0.1, -0.05) is 11.2 Å². The van der Waals surface area contributed by atoms with Crippen LogP contribution in [0.25, 0.3) is 6.08 Å². The average Bonchev–Trinajstić information content (AvgIpc) is 3.40. The van der Waals surface area contributed by atoms with Crippen molar-refractivity contribution >= 4 is 57.8 Å². The second-order valence-corrected chi connectivity index (χ2v) is 8.66. The predicted molar refractivity (Wildman–Crippen MR) is 115 cm³/mol. The molecule has 34 heavy (non-hydrogen) atoms. The van der Waals surface area contributed by atoms with E-state index in [0.717, 1.165) is 16.2 Å². The van der Waals surface area contributed by atoms with Crippen LogP contribution in [0.2, 0.25) is 0 Å². The van der Waals surface area contributed by atoms with E-state index < -0.39 is 34.8 Å². The normalized spacial score (nSPS) is 20.0. The standard InChI is InChI=1S/C18H16N6O7S2.Na/c1-30-23-11(9-6-33-18(19)20-9)14(26)21-12-15(27)24-13(17(28)29)7(5-32-16(12)24)2-3-8-4-10(25)22-31-8;/h2-4,6,12,16H,5H2,1H3,(H2,19,20)(H,21,26)(H,22,25)(H,28,29);/q;+1/p-1/b3-2-,23-11-;/t12-,16-;/m1./s1. The molecule has 0 aromatic carbocycles. The Labute approximate surface area is 221 Å². The van der Waals surface area contributed by atoms with E-state index in [1.807, 2.05) is 0 Å². The van der Waals surface area contributed by atoms with Crippen LogP contribution in [0.4, 0.5) is 5.13 Å². The van der Waals surface area contributed by atoms with E-state index in [0.29, 0.717) is 0 Å². The molecular formula is C18H15N6NaO7S2. The van der Waals surface area contributed by atoms with Crippen LogP contribution in [0, 0.1) is 0 Å². The van der Waals surface area contributed by atoms with E-state index in [2.05, 4.69) is 20.6 Å². The molecule has 0 radical (unpaired) electrons. The maximum Gasteiger partial charge on any atom is 1.00 e. The Kier molecular flexibility index (Phi) is 8.04. The first-order chi connectivity index (χ1) is 15.8. The summed E-state index contributed by atoms with van der Waals surface area (Å²) in [4.78, 5) is 58.2. The van der Waals surface area contributed by atoms with Crippen LogP contribution in [0.3, 0.4) is 0 Å². The predicted octanol–water partition coefficient (Wildman–Crippen LogP) is -4.52. The molecule has 2 aliphatic rings. The minimum atomic E-state index is -1.55. The Morgan fingerprint density at radius 1 is 1.44 bits per heavy atom. The largest absolute Gasteiger partial charge is 1.00 e. The molecule has 4 N–H and O–H groups in total. The van der Waals surface area contributed by atoms with Gasteiger partial charge in [0.15, 0.2) is 16.6 Å². The third-order valence-corrected chi connectivity index (χ3v) is 6.61. The maximum absolute atomic E-state index is 12.8. The molecule has 172 valence electrons. The molecule has 2 aliphatic heterocycles. The van der Waals surface area contributed by atoms with Crippen molar-refractivity contribution in [2.45, 2.75) is 11.4 Å². The van der Waals surface area contributed by atoms with Crippen molar-refractivity contribution in [2.75, 3.05) is 18.6 Å². The Bertz CT molecular complexity index is 1280. The summed E-state index contributed by atoms with van der Waals surface area (Å²) in [5, 5.41) is 21.2. The number of nitrogens with zero attached hydrogens (tertiary/aromatic N) is 3. The molecule has 2 aromatic rings. The molecule has 4 heterocycles. The van der Waals surface area contributed by atoms with Gasteiger partial charge in [-0.25, -0.2) is 4.98 Å². The minimum Gasteiger partial charge on any atom is -0.543 e. The fraction of sp³-hybridized carbons (Fsp3) is 0.222. The van der Waals surface area contributed by atoms with Crippen LogP contribution in [0.1, 0.15) is 11.5 Å². The van der Waals surface area contributed by atoms with Crippen molar-refractivity contribution in [3.8, 4) is 0 Å². The van der Waals surface area contributed by atoms with E-state index in [1.54, 1.807) is 0 Å². The average molecular weight is 514 g/mol. The van der Waals surface area contributed by atoms with E-state index in [4.69, 9.17) is 15.1 Å². The number of aromatic nitrogens is 2. The molecule has 4 rings (SSSR count). The first-order valence-corrected chi connectivity index (χ1v) is 11.1. The number of thioether (sulfide) groups is 1. The number of carboxylic acids is 1. The number of anilines is 1. The summed E-state index contributed by atoms with van der Waals surface area (Å²) in [5.74, 6) is -2.52. The number of nitrogens with one attached hydrogen (secondary N) is 2. The number of hydrogen-bond acceptors (Lipinski definition) is 12. The van der Waals surface area contributed by atoms with Gasteiger partial charge in [0.25, 0.3) is 17.4 Å². The van der Waals surface area contributed by atoms with Gasteiger partial charge >= 0.3 is 29.6 Å². The summed E-state index contributed by atoms with van der Waals surface area (Å²) in [6.45, 7) is 0. The van der Waals surface area contributed by atoms with Crippen LogP contribution < -0.4 is 51.3 Å². The quantitative estimate of drug-likeness (QED) is 0.140. The molecule has 0 aliphatic carbocycles. The van der Waals surface area contributed by atoms with Gasteiger partial charge in [0.2, 0.25) is 0 Å². The van der Waals surface area contributed by atoms with Gasteiger partial charge in [-0.3, -0.25) is 19.3 Å². The molecule has 13 nitrogen and oxygen atoms in total. The summed E-state index contributed by atoms with van der Waals surface area (Å²) in [6, 6.07) is 0.187. The first kappa shape index (κ1) is 25.8. The van der Waals surface area contributed by atoms with Gasteiger partial charge in [-0.2, -0.15) is 5.16 Å². The Balaban J connectivity index is 0.00000324. The van der Waals surface area contributed by atoms with Crippen LogP contribution in [0.15, 0.2) is 43.3 Å². The fourth-order valence-corrected chi connectivity index (χ4v) is 5.09. The number of hydrogen-bond donors (Lipinski definition) is 3. The second-order valence-electron chi connectivity index (χ2n) is 6.66. The van der Waals surface area contributed by atoms with E-state index in [9.17, 15) is 24.3 Å². The van der Waals surface area contributed by atoms with Gasteiger partial charge in [0.05, 0.1) is 17.7 Å². The number of nitrogen functional groups attached to an aromatic ring is 1. The summed E-state index contributed by atoms with van der Waals surface area (Å²) in [7, 11) is 1.25. The zero-order valence-electron chi connectivity index (χ0n) is 17.8. The van der Waals surface area contributed by atoms with Crippen molar-refractivity contribution < 1.29 is 58.4 Å². The van der Waals surface area contributed by atoms with Crippen LogP contribution in [0.5, 0.6) is 0 Å². The molecular weight excluding hydrogens is 499 g/mol. The number of aliphatic carboxylic acids is 1. The van der Waals surface area contributed by atoms with Crippen molar-refractivity contribution in [3.63, 3.8) is 0 Å². The second kappa shape index (κ2) is 10.6. The number of amides is 2. The molecule has 2 amide bonds. The number of thiazole rings is 1. The maximum atomic E-state index is 12.8. The number of nitrogens with two attached hydrogens (primary N) is 1. The van der Waals surface area contributed by atoms with Gasteiger partial charge < -0.3 is 30.3 Å². The van der Waals surface area contributed by atoms with Gasteiger partial charge in [-0.05, 0) is 11.6 Å². The minimum absolute atomic E-state index is 0. The van der Waals surface area contributed by atoms with Gasteiger partial charge in [0, 0.05) is 11.1 Å². The smallest absolute Gasteiger partial charge is 0.543 e. The first-order valence-electron chi connectivity index (χ1n) is 9.19. The summed E-state index contributed by atoms with van der Waals surface area (Å²) in [6.07, 6.45) is 2.82. The Morgan fingerprint density at radius 2 is 2.21 bits per heavy atom. The topological polar surface area (TPSA) is 196 Å². The summed E-state index contributed by atoms with van der Waals surface area (Å²) < 4.78 is 4.90. The molecule has 0 bridgehead atoms. The van der Waals surface area contributed by atoms with Crippen LogP contribution in [-0.4, -0.2) is 62.8 Å². The number of fused-ring (bicyclic) bond motifs is 1. The summed E-state index contributed by atoms with van der Waals surface area (Å²) in [5.41, 5.74) is 5.12. The molecule has 16 heteroatoms. The molecule has 2 aromatic heterocycles. The molecule has 1 fully saturated rings. The van der Waals surface area contributed by atoms with Crippen molar-refractivity contribution in [1.82, 2.24) is 20.4 Å². The molecule has 0 saturated carbocycles. The van der Waals surface area contributed by atoms with Crippen molar-refractivity contribution in [2.24, 2.45) is 5.16 Å². The monoisotopic (exact) mass is 514 g/mol. The summed E-state index contributed by atoms with van der Waals surface area (Å²) >= 11 is 2.35. The third-order valence-electron chi connectivity index (χ3n) is 4.63. The molecule has 0 unspecified atom stereocenters. The Morgan fingerprint density at radius 3 is 2.79 bits per heavy atom. The van der Waals surface area contributed by atoms with E-state index in [-0.39, 0.29) is 68.9 Å². The van der Waals surface area contributed by atoms with E-state index in [1.165, 1.54) is 42.5 Å². The number of H-pyrrole nitrogens is 1. The number of aromatic amines is 1. The number of oxime groups is 1. The van der Waals surface area contributed by atoms with Gasteiger partial charge in [0.1, 0.15) is 24.2 Å². The number of rotatable bonds is 7. The fourth-order valence-electron chi connectivity index (χ4n) is 3.22. The zero-order chi connectivity index (χ0) is 23.7. The molecule has 1 saturated heterocycles. The number of allylic oxidation sites excluding steroid dienone is 1. The van der Waals surface area contributed by atoms with Crippen LogP contribution in [-0.2, 0) is 19.2 Å². The van der Waals surface area contributed by atoms with Crippen LogP contribution >= 0.6 is 23.1 Å². The Hall–Kier alpha value is -2.85. The van der Waals surface area contributed by atoms with E-state index >= 15 is 0 Å². The number of carbonyl (C=O) groups excluding carboxylic acids is 3. The van der Waals surface area contributed by atoms with Crippen molar-refractivity contribution in [1.29, 1.82) is 0 Å². The van der Waals surface area contributed by atoms with Gasteiger partial charge in [-0.15, -0.1) is 23.1 Å². The molecule has 2 atom stereocenters. The zero-order valence-corrected chi connectivity index (χ0v) is 21.4. The number of β-lactam (4-membered cyclic amide) rings is 1. The SMILES string of the molecule is CO/N=C(\C(=O)N[C@@H]1C(=O)N2C(C(=O)[O-])=C(/C=C\c3cc(=O)[nH]o3)CS[C@H]12)c1csc(N)n1.[Na+]. The number of carbonyl (C=O) groups is 3. The van der Waals surface area contributed by atoms with Crippen molar-refractivity contribution in [3.05, 3.63) is 50.6 Å².